The highest BCUT2D eigenvalue weighted by atomic mass is 19.1. The van der Waals surface area contributed by atoms with Gasteiger partial charge in [-0.15, -0.1) is 0 Å². The lowest BCUT2D eigenvalue weighted by atomic mass is 9.73. The number of halogens is 1. The fourth-order valence-electron chi connectivity index (χ4n) is 2.93. The molecular formula is C14H14FNO2. The standard InChI is InChI=1S/C14H14FNO2/c15-10-5-4-9(13(16)17)11-12(10)18-8-14(11)6-2-1-3-7-14/h2,4-6H,1,3,7-8H2,(H2,16,17). The van der Waals surface area contributed by atoms with Crippen LogP contribution in [0.25, 0.3) is 0 Å². The molecule has 0 radical (unpaired) electrons. The Labute approximate surface area is 104 Å². The number of amides is 1. The van der Waals surface area contributed by atoms with Crippen molar-refractivity contribution in [1.82, 2.24) is 0 Å². The maximum absolute atomic E-state index is 13.8. The normalized spacial score (nSPS) is 24.9. The predicted molar refractivity (Wildman–Crippen MR) is 65.1 cm³/mol. The predicted octanol–water partition coefficient (Wildman–Crippen LogP) is 2.29. The van der Waals surface area contributed by atoms with Crippen LogP contribution in [0.2, 0.25) is 0 Å². The molecule has 2 N–H and O–H groups in total. The van der Waals surface area contributed by atoms with E-state index < -0.39 is 11.7 Å². The van der Waals surface area contributed by atoms with Crippen molar-refractivity contribution in [3.63, 3.8) is 0 Å². The Morgan fingerprint density at radius 3 is 2.94 bits per heavy atom. The van der Waals surface area contributed by atoms with Gasteiger partial charge in [-0.3, -0.25) is 4.79 Å². The fourth-order valence-corrected chi connectivity index (χ4v) is 2.93. The Hall–Kier alpha value is -1.84. The molecule has 1 amide bonds. The van der Waals surface area contributed by atoms with E-state index in [2.05, 4.69) is 6.08 Å². The number of hydrogen-bond acceptors (Lipinski definition) is 2. The van der Waals surface area contributed by atoms with Crippen LogP contribution >= 0.6 is 0 Å². The second kappa shape index (κ2) is 3.83. The third kappa shape index (κ3) is 1.45. The number of nitrogens with two attached hydrogens (primary N) is 1. The molecule has 3 nitrogen and oxygen atoms in total. The molecule has 0 saturated carbocycles. The Kier molecular flexibility index (Phi) is 2.40. The number of allylic oxidation sites excluding steroid dienone is 1. The Bertz CT molecular complexity index is 553. The van der Waals surface area contributed by atoms with Crippen molar-refractivity contribution >= 4 is 5.91 Å². The van der Waals surface area contributed by atoms with Gasteiger partial charge >= 0.3 is 0 Å². The molecule has 1 heterocycles. The summed E-state index contributed by atoms with van der Waals surface area (Å²) in [6.45, 7) is 0.389. The van der Waals surface area contributed by atoms with Crippen molar-refractivity contribution < 1.29 is 13.9 Å². The molecule has 4 heteroatoms. The summed E-state index contributed by atoms with van der Waals surface area (Å²) in [6, 6.07) is 2.69. The Morgan fingerprint density at radius 2 is 2.28 bits per heavy atom. The average molecular weight is 247 g/mol. The number of ether oxygens (including phenoxy) is 1. The first-order valence-electron chi connectivity index (χ1n) is 6.07. The third-order valence-corrected chi connectivity index (χ3v) is 3.78. The zero-order chi connectivity index (χ0) is 12.8. The lowest BCUT2D eigenvalue weighted by Gasteiger charge is -2.28. The number of rotatable bonds is 1. The molecule has 0 bridgehead atoms. The van der Waals surface area contributed by atoms with E-state index in [0.717, 1.165) is 19.3 Å². The van der Waals surface area contributed by atoms with Crippen molar-refractivity contribution in [3.05, 3.63) is 41.2 Å². The van der Waals surface area contributed by atoms with Crippen LogP contribution in [0, 0.1) is 5.82 Å². The van der Waals surface area contributed by atoms with Crippen molar-refractivity contribution in [1.29, 1.82) is 0 Å². The number of fused-ring (bicyclic) bond motifs is 2. The molecule has 1 spiro atoms. The van der Waals surface area contributed by atoms with E-state index in [4.69, 9.17) is 10.5 Å². The third-order valence-electron chi connectivity index (χ3n) is 3.78. The van der Waals surface area contributed by atoms with Gasteiger partial charge in [0.25, 0.3) is 0 Å². The van der Waals surface area contributed by atoms with Gasteiger partial charge in [0, 0.05) is 11.1 Å². The van der Waals surface area contributed by atoms with Crippen LogP contribution in [0.3, 0.4) is 0 Å². The van der Waals surface area contributed by atoms with Crippen molar-refractivity contribution in [2.24, 2.45) is 5.73 Å². The lowest BCUT2D eigenvalue weighted by Crippen LogP contribution is -2.30. The molecule has 0 saturated heterocycles. The Morgan fingerprint density at radius 1 is 1.44 bits per heavy atom. The number of hydrogen-bond donors (Lipinski definition) is 1. The minimum Gasteiger partial charge on any atom is -0.489 e. The van der Waals surface area contributed by atoms with E-state index in [0.29, 0.717) is 17.7 Å². The maximum atomic E-state index is 13.8. The molecule has 1 aromatic carbocycles. The summed E-state index contributed by atoms with van der Waals surface area (Å²) in [6.07, 6.45) is 6.98. The lowest BCUT2D eigenvalue weighted by molar-refractivity contribution is 0.0998. The van der Waals surface area contributed by atoms with Crippen LogP contribution in [0.4, 0.5) is 4.39 Å². The van der Waals surface area contributed by atoms with Crippen molar-refractivity contribution in [2.75, 3.05) is 6.61 Å². The summed E-state index contributed by atoms with van der Waals surface area (Å²) < 4.78 is 19.3. The molecule has 0 aromatic heterocycles. The summed E-state index contributed by atoms with van der Waals surface area (Å²) in [5.41, 5.74) is 6.01. The van der Waals surface area contributed by atoms with Crippen molar-refractivity contribution in [3.8, 4) is 5.75 Å². The first kappa shape index (κ1) is 11.3. The van der Waals surface area contributed by atoms with Crippen LogP contribution in [-0.2, 0) is 5.41 Å². The largest absolute Gasteiger partial charge is 0.489 e. The molecule has 94 valence electrons. The average Bonchev–Trinajstić information content (AvgIpc) is 2.71. The highest BCUT2D eigenvalue weighted by Crippen LogP contribution is 2.47. The van der Waals surface area contributed by atoms with Gasteiger partial charge in [0.15, 0.2) is 11.6 Å². The number of primary amides is 1. The minimum absolute atomic E-state index is 0.192. The maximum Gasteiger partial charge on any atom is 0.249 e. The quantitative estimate of drug-likeness (QED) is 0.774. The van der Waals surface area contributed by atoms with Gasteiger partial charge in [-0.1, -0.05) is 12.2 Å². The highest BCUT2D eigenvalue weighted by molar-refractivity contribution is 5.96. The number of carbonyl (C=O) groups excluding carboxylic acids is 1. The van der Waals surface area contributed by atoms with Crippen LogP contribution in [0.15, 0.2) is 24.3 Å². The molecule has 3 rings (SSSR count). The summed E-state index contributed by atoms with van der Waals surface area (Å²) >= 11 is 0. The van der Waals surface area contributed by atoms with Gasteiger partial charge in [0.1, 0.15) is 6.61 Å². The number of carbonyl (C=O) groups is 1. The van der Waals surface area contributed by atoms with Crippen LogP contribution in [0.1, 0.15) is 35.2 Å². The van der Waals surface area contributed by atoms with Crippen LogP contribution in [0.5, 0.6) is 5.75 Å². The van der Waals surface area contributed by atoms with Crippen LogP contribution < -0.4 is 10.5 Å². The molecular weight excluding hydrogens is 233 g/mol. The first-order chi connectivity index (χ1) is 8.64. The van der Waals surface area contributed by atoms with Gasteiger partial charge in [0.2, 0.25) is 5.91 Å². The number of benzene rings is 1. The molecule has 1 aliphatic heterocycles. The zero-order valence-corrected chi connectivity index (χ0v) is 9.91. The smallest absolute Gasteiger partial charge is 0.249 e. The molecule has 0 fully saturated rings. The van der Waals surface area contributed by atoms with E-state index in [1.165, 1.54) is 12.1 Å². The molecule has 1 atom stereocenters. The van der Waals surface area contributed by atoms with Crippen molar-refractivity contribution in [2.45, 2.75) is 24.7 Å². The fraction of sp³-hybridized carbons (Fsp3) is 0.357. The van der Waals surface area contributed by atoms with E-state index in [-0.39, 0.29) is 11.2 Å². The molecule has 18 heavy (non-hydrogen) atoms. The van der Waals surface area contributed by atoms with E-state index in [1.54, 1.807) is 0 Å². The molecule has 1 unspecified atom stereocenters. The van der Waals surface area contributed by atoms with Gasteiger partial charge < -0.3 is 10.5 Å². The topological polar surface area (TPSA) is 52.3 Å². The van der Waals surface area contributed by atoms with Gasteiger partial charge in [0.05, 0.1) is 5.41 Å². The SMILES string of the molecule is NC(=O)c1ccc(F)c2c1C1(C=CCCC1)CO2. The van der Waals surface area contributed by atoms with Gasteiger partial charge in [-0.05, 0) is 31.4 Å². The molecule has 1 aromatic rings. The monoisotopic (exact) mass is 247 g/mol. The van der Waals surface area contributed by atoms with E-state index in [1.807, 2.05) is 6.08 Å². The Balaban J connectivity index is 2.25. The van der Waals surface area contributed by atoms with Gasteiger partial charge in [-0.2, -0.15) is 0 Å². The summed E-state index contributed by atoms with van der Waals surface area (Å²) in [5, 5.41) is 0. The summed E-state index contributed by atoms with van der Waals surface area (Å²) in [5.74, 6) is -0.765. The minimum atomic E-state index is -0.532. The van der Waals surface area contributed by atoms with E-state index >= 15 is 0 Å². The van der Waals surface area contributed by atoms with Gasteiger partial charge in [-0.25, -0.2) is 4.39 Å². The highest BCUT2D eigenvalue weighted by Gasteiger charge is 2.43. The second-order valence-electron chi connectivity index (χ2n) is 4.90. The molecule has 1 aliphatic carbocycles. The zero-order valence-electron chi connectivity index (χ0n) is 9.91. The van der Waals surface area contributed by atoms with Crippen LogP contribution in [-0.4, -0.2) is 12.5 Å². The van der Waals surface area contributed by atoms with E-state index in [9.17, 15) is 9.18 Å². The summed E-state index contributed by atoms with van der Waals surface area (Å²) in [4.78, 5) is 11.5. The molecule has 2 aliphatic rings. The first-order valence-corrected chi connectivity index (χ1v) is 6.07. The summed E-state index contributed by atoms with van der Waals surface area (Å²) in [7, 11) is 0. The second-order valence-corrected chi connectivity index (χ2v) is 4.90.